The van der Waals surface area contributed by atoms with Gasteiger partial charge in [-0.1, -0.05) is 12.1 Å². The topological polar surface area (TPSA) is 70.7 Å². The standard InChI is InChI=1S/C24H29N3O3S2/c1-16-11-24(31-15-16)19-5-8-21(9-6-19)32(28,29)26-20-7-10-23(30-4)22(12-20)27-13-17(2)25-18(3)14-27/h5-12,15,17-18,25-26H,13-14H2,1-4H3/t17-,18+. The fraction of sp³-hybridized carbons (Fsp3) is 0.333. The summed E-state index contributed by atoms with van der Waals surface area (Å²) < 4.78 is 34.4. The van der Waals surface area contributed by atoms with E-state index < -0.39 is 10.0 Å². The molecule has 1 saturated heterocycles. The van der Waals surface area contributed by atoms with E-state index in [1.54, 1.807) is 36.6 Å². The lowest BCUT2D eigenvalue weighted by molar-refractivity contribution is 0.391. The molecule has 170 valence electrons. The molecule has 1 fully saturated rings. The van der Waals surface area contributed by atoms with Gasteiger partial charge in [0.1, 0.15) is 5.75 Å². The third-order valence-corrected chi connectivity index (χ3v) is 8.00. The van der Waals surface area contributed by atoms with E-state index in [0.717, 1.165) is 35.0 Å². The van der Waals surface area contributed by atoms with Gasteiger partial charge >= 0.3 is 0 Å². The number of rotatable bonds is 6. The van der Waals surface area contributed by atoms with Crippen molar-refractivity contribution in [3.63, 3.8) is 0 Å². The third kappa shape index (κ3) is 4.92. The van der Waals surface area contributed by atoms with Gasteiger partial charge in [0.05, 0.1) is 23.4 Å². The van der Waals surface area contributed by atoms with Crippen LogP contribution in [0.15, 0.2) is 58.8 Å². The van der Waals surface area contributed by atoms with Crippen molar-refractivity contribution in [3.05, 3.63) is 59.5 Å². The van der Waals surface area contributed by atoms with Gasteiger partial charge in [0.15, 0.2) is 0 Å². The number of hydrogen-bond donors (Lipinski definition) is 2. The van der Waals surface area contributed by atoms with E-state index in [0.29, 0.717) is 17.8 Å². The molecule has 0 saturated carbocycles. The number of hydrogen-bond acceptors (Lipinski definition) is 6. The highest BCUT2D eigenvalue weighted by Crippen LogP contribution is 2.34. The summed E-state index contributed by atoms with van der Waals surface area (Å²) in [4.78, 5) is 3.59. The van der Waals surface area contributed by atoms with Gasteiger partial charge in [-0.15, -0.1) is 11.3 Å². The smallest absolute Gasteiger partial charge is 0.261 e. The van der Waals surface area contributed by atoms with Gasteiger partial charge in [-0.05, 0) is 73.7 Å². The molecule has 1 aromatic heterocycles. The molecule has 3 aromatic rings. The summed E-state index contributed by atoms with van der Waals surface area (Å²) in [6.45, 7) is 7.97. The minimum absolute atomic E-state index is 0.233. The molecule has 2 N–H and O–H groups in total. The Morgan fingerprint density at radius 2 is 1.75 bits per heavy atom. The SMILES string of the molecule is COc1ccc(NS(=O)(=O)c2ccc(-c3cc(C)cs3)cc2)cc1N1C[C@@H](C)N[C@@H](C)C1. The largest absolute Gasteiger partial charge is 0.495 e. The summed E-state index contributed by atoms with van der Waals surface area (Å²) in [5.74, 6) is 0.727. The van der Waals surface area contributed by atoms with Crippen LogP contribution in [0.2, 0.25) is 0 Å². The maximum Gasteiger partial charge on any atom is 0.261 e. The van der Waals surface area contributed by atoms with Crippen molar-refractivity contribution in [2.75, 3.05) is 29.8 Å². The lowest BCUT2D eigenvalue weighted by Gasteiger charge is -2.38. The summed E-state index contributed by atoms with van der Waals surface area (Å²) in [7, 11) is -2.08. The molecule has 0 radical (unpaired) electrons. The zero-order valence-electron chi connectivity index (χ0n) is 18.8. The molecule has 8 heteroatoms. The van der Waals surface area contributed by atoms with E-state index >= 15 is 0 Å². The van der Waals surface area contributed by atoms with Crippen molar-refractivity contribution in [3.8, 4) is 16.2 Å². The Hall–Kier alpha value is -2.55. The van der Waals surface area contributed by atoms with Crippen LogP contribution < -0.4 is 19.7 Å². The number of anilines is 2. The first-order chi connectivity index (χ1) is 15.2. The second-order valence-electron chi connectivity index (χ2n) is 8.38. The minimum Gasteiger partial charge on any atom is -0.495 e. The monoisotopic (exact) mass is 471 g/mol. The number of thiophene rings is 1. The van der Waals surface area contributed by atoms with Gasteiger partial charge in [0, 0.05) is 30.1 Å². The zero-order chi connectivity index (χ0) is 22.9. The molecule has 2 aromatic carbocycles. The van der Waals surface area contributed by atoms with Crippen LogP contribution in [-0.2, 0) is 10.0 Å². The molecule has 32 heavy (non-hydrogen) atoms. The number of sulfonamides is 1. The van der Waals surface area contributed by atoms with Crippen LogP contribution in [0.1, 0.15) is 19.4 Å². The van der Waals surface area contributed by atoms with Gasteiger partial charge in [-0.25, -0.2) is 8.42 Å². The number of nitrogens with zero attached hydrogens (tertiary/aromatic N) is 1. The van der Waals surface area contributed by atoms with Crippen molar-refractivity contribution < 1.29 is 13.2 Å². The molecular weight excluding hydrogens is 442 g/mol. The summed E-state index contributed by atoms with van der Waals surface area (Å²) in [5, 5.41) is 5.60. The molecule has 0 amide bonds. The summed E-state index contributed by atoms with van der Waals surface area (Å²) in [6, 6.07) is 15.2. The predicted molar refractivity (Wildman–Crippen MR) is 133 cm³/mol. The molecule has 0 spiro atoms. The Morgan fingerprint density at radius 1 is 1.06 bits per heavy atom. The Morgan fingerprint density at radius 3 is 2.34 bits per heavy atom. The first kappa shape index (κ1) is 22.6. The average Bonchev–Trinajstić information content (AvgIpc) is 3.19. The summed E-state index contributed by atoms with van der Waals surface area (Å²) >= 11 is 1.65. The molecule has 1 aliphatic rings. The first-order valence-electron chi connectivity index (χ1n) is 10.6. The summed E-state index contributed by atoms with van der Waals surface area (Å²) in [6.07, 6.45) is 0. The highest BCUT2D eigenvalue weighted by molar-refractivity contribution is 7.92. The highest BCUT2D eigenvalue weighted by Gasteiger charge is 2.24. The quantitative estimate of drug-likeness (QED) is 0.544. The van der Waals surface area contributed by atoms with Crippen molar-refractivity contribution in [2.24, 2.45) is 0 Å². The van der Waals surface area contributed by atoms with Crippen LogP contribution >= 0.6 is 11.3 Å². The highest BCUT2D eigenvalue weighted by atomic mass is 32.2. The van der Waals surface area contributed by atoms with E-state index in [-0.39, 0.29) is 4.90 Å². The maximum atomic E-state index is 13.0. The van der Waals surface area contributed by atoms with Crippen LogP contribution in [-0.4, -0.2) is 40.7 Å². The second kappa shape index (κ2) is 9.13. The van der Waals surface area contributed by atoms with E-state index in [4.69, 9.17) is 4.74 Å². The van der Waals surface area contributed by atoms with Crippen molar-refractivity contribution >= 4 is 32.7 Å². The van der Waals surface area contributed by atoms with Crippen LogP contribution in [0.4, 0.5) is 11.4 Å². The van der Waals surface area contributed by atoms with Crippen LogP contribution in [0.5, 0.6) is 5.75 Å². The fourth-order valence-electron chi connectivity index (χ4n) is 4.12. The number of nitrogens with one attached hydrogen (secondary N) is 2. The molecule has 0 unspecified atom stereocenters. The lowest BCUT2D eigenvalue weighted by Crippen LogP contribution is -2.54. The normalized spacial score (nSPS) is 19.1. The van der Waals surface area contributed by atoms with Crippen LogP contribution in [0.25, 0.3) is 10.4 Å². The van der Waals surface area contributed by atoms with Gasteiger partial charge in [-0.3, -0.25) is 4.72 Å². The zero-order valence-corrected chi connectivity index (χ0v) is 20.4. The average molecular weight is 472 g/mol. The maximum absolute atomic E-state index is 13.0. The Bertz CT molecular complexity index is 1180. The molecule has 6 nitrogen and oxygen atoms in total. The fourth-order valence-corrected chi connectivity index (χ4v) is 6.08. The Balaban J connectivity index is 1.57. The number of ether oxygens (including phenoxy) is 1. The molecule has 2 atom stereocenters. The number of benzene rings is 2. The van der Waals surface area contributed by atoms with E-state index in [1.807, 2.05) is 31.2 Å². The van der Waals surface area contributed by atoms with Crippen molar-refractivity contribution in [1.82, 2.24) is 5.32 Å². The van der Waals surface area contributed by atoms with E-state index in [2.05, 4.69) is 40.2 Å². The van der Waals surface area contributed by atoms with Crippen molar-refractivity contribution in [2.45, 2.75) is 37.8 Å². The Labute approximate surface area is 194 Å². The Kier molecular flexibility index (Phi) is 6.46. The first-order valence-corrected chi connectivity index (χ1v) is 13.0. The van der Waals surface area contributed by atoms with Gasteiger partial charge < -0.3 is 15.0 Å². The molecule has 4 rings (SSSR count). The van der Waals surface area contributed by atoms with E-state index in [1.165, 1.54) is 5.56 Å². The summed E-state index contributed by atoms with van der Waals surface area (Å²) in [5.41, 5.74) is 3.61. The van der Waals surface area contributed by atoms with E-state index in [9.17, 15) is 8.42 Å². The van der Waals surface area contributed by atoms with Gasteiger partial charge in [-0.2, -0.15) is 0 Å². The van der Waals surface area contributed by atoms with Crippen LogP contribution in [0, 0.1) is 6.92 Å². The molecule has 1 aliphatic heterocycles. The molecule has 0 aliphatic carbocycles. The lowest BCUT2D eigenvalue weighted by atomic mass is 10.1. The third-order valence-electron chi connectivity index (χ3n) is 5.51. The molecule has 2 heterocycles. The molecular formula is C24H29N3O3S2. The second-order valence-corrected chi connectivity index (χ2v) is 11.0. The minimum atomic E-state index is -3.71. The van der Waals surface area contributed by atoms with Gasteiger partial charge in [0.2, 0.25) is 0 Å². The predicted octanol–water partition coefficient (Wildman–Crippen LogP) is 4.72. The number of piperazine rings is 1. The van der Waals surface area contributed by atoms with Crippen molar-refractivity contribution in [1.29, 1.82) is 0 Å². The molecule has 0 bridgehead atoms. The van der Waals surface area contributed by atoms with Gasteiger partial charge in [0.25, 0.3) is 10.0 Å². The van der Waals surface area contributed by atoms with Crippen LogP contribution in [0.3, 0.4) is 0 Å². The number of aryl methyl sites for hydroxylation is 1. The number of methoxy groups -OCH3 is 1.